The highest BCUT2D eigenvalue weighted by atomic mass is 35.5. The Labute approximate surface area is 161 Å². The Balaban J connectivity index is 2.09. The van der Waals surface area contributed by atoms with Gasteiger partial charge < -0.3 is 20.5 Å². The van der Waals surface area contributed by atoms with Crippen molar-refractivity contribution in [1.29, 1.82) is 0 Å². The Bertz CT molecular complexity index is 761. The van der Waals surface area contributed by atoms with Gasteiger partial charge in [0.2, 0.25) is 0 Å². The third kappa shape index (κ3) is 5.54. The molecule has 2 aromatic carbocycles. The van der Waals surface area contributed by atoms with Crippen LogP contribution in [-0.4, -0.2) is 29.8 Å². The van der Waals surface area contributed by atoms with Gasteiger partial charge in [-0.25, -0.2) is 9.59 Å². The molecule has 0 saturated carbocycles. The van der Waals surface area contributed by atoms with Crippen molar-refractivity contribution in [3.05, 3.63) is 58.1 Å². The van der Waals surface area contributed by atoms with E-state index in [2.05, 4.69) is 10.6 Å². The van der Waals surface area contributed by atoms with Gasteiger partial charge in [0.05, 0.1) is 16.7 Å². The summed E-state index contributed by atoms with van der Waals surface area (Å²) in [6.45, 7) is 1.90. The van der Waals surface area contributed by atoms with Crippen LogP contribution in [0.4, 0.5) is 10.5 Å². The van der Waals surface area contributed by atoms with Gasteiger partial charge in [0.1, 0.15) is 6.04 Å². The van der Waals surface area contributed by atoms with Crippen molar-refractivity contribution in [2.75, 3.05) is 11.9 Å². The van der Waals surface area contributed by atoms with Gasteiger partial charge in [-0.15, -0.1) is 0 Å². The normalized spacial score (nSPS) is 11.5. The van der Waals surface area contributed by atoms with E-state index in [0.29, 0.717) is 0 Å². The molecule has 0 fully saturated rings. The number of urea groups is 1. The SMILES string of the molecule is CCOC(=O)C(Cc1ccccc1)NC(=O)Nc1cc(Cl)c(O)c(Cl)c1. The highest BCUT2D eigenvalue weighted by molar-refractivity contribution is 6.37. The molecule has 1 atom stereocenters. The second kappa shape index (κ2) is 9.31. The van der Waals surface area contributed by atoms with Crippen molar-refractivity contribution < 1.29 is 19.4 Å². The van der Waals surface area contributed by atoms with E-state index in [1.165, 1.54) is 12.1 Å². The molecule has 2 amide bonds. The molecule has 1 unspecified atom stereocenters. The molecule has 138 valence electrons. The van der Waals surface area contributed by atoms with Crippen LogP contribution in [0.5, 0.6) is 5.75 Å². The Hall–Kier alpha value is -2.44. The smallest absolute Gasteiger partial charge is 0.329 e. The van der Waals surface area contributed by atoms with Crippen LogP contribution < -0.4 is 10.6 Å². The molecule has 8 heteroatoms. The van der Waals surface area contributed by atoms with Crippen LogP contribution in [0.3, 0.4) is 0 Å². The highest BCUT2D eigenvalue weighted by Crippen LogP contribution is 2.34. The number of hydrogen-bond donors (Lipinski definition) is 3. The van der Waals surface area contributed by atoms with Gasteiger partial charge in [0.15, 0.2) is 5.75 Å². The Morgan fingerprint density at radius 2 is 1.77 bits per heavy atom. The fourth-order valence-electron chi connectivity index (χ4n) is 2.25. The molecule has 3 N–H and O–H groups in total. The summed E-state index contributed by atoms with van der Waals surface area (Å²) in [5.74, 6) is -0.805. The molecule has 0 aromatic heterocycles. The monoisotopic (exact) mass is 396 g/mol. The molecule has 6 nitrogen and oxygen atoms in total. The molecule has 0 aliphatic carbocycles. The molecule has 2 rings (SSSR count). The number of ether oxygens (including phenoxy) is 1. The number of aromatic hydroxyl groups is 1. The van der Waals surface area contributed by atoms with Crippen molar-refractivity contribution in [3.8, 4) is 5.75 Å². The van der Waals surface area contributed by atoms with Gasteiger partial charge in [0, 0.05) is 12.1 Å². The Morgan fingerprint density at radius 1 is 1.15 bits per heavy atom. The first-order chi connectivity index (χ1) is 12.4. The number of carbonyl (C=O) groups excluding carboxylic acids is 2. The summed E-state index contributed by atoms with van der Waals surface area (Å²) >= 11 is 11.7. The number of hydrogen-bond acceptors (Lipinski definition) is 4. The van der Waals surface area contributed by atoms with E-state index < -0.39 is 18.0 Å². The lowest BCUT2D eigenvalue weighted by Crippen LogP contribution is -2.45. The van der Waals surface area contributed by atoms with Gasteiger partial charge in [-0.1, -0.05) is 53.5 Å². The molecular formula is C18H18Cl2N2O4. The van der Waals surface area contributed by atoms with Crippen molar-refractivity contribution in [1.82, 2.24) is 5.32 Å². The molecule has 0 saturated heterocycles. The summed E-state index contributed by atoms with van der Waals surface area (Å²) in [6, 6.07) is 10.5. The van der Waals surface area contributed by atoms with E-state index in [1.807, 2.05) is 30.3 Å². The van der Waals surface area contributed by atoms with E-state index in [4.69, 9.17) is 27.9 Å². The minimum absolute atomic E-state index is 0.000900. The zero-order chi connectivity index (χ0) is 19.1. The molecule has 26 heavy (non-hydrogen) atoms. The molecule has 0 radical (unpaired) electrons. The highest BCUT2D eigenvalue weighted by Gasteiger charge is 2.22. The van der Waals surface area contributed by atoms with E-state index in [-0.39, 0.29) is 34.5 Å². The number of benzene rings is 2. The first-order valence-electron chi connectivity index (χ1n) is 7.86. The Morgan fingerprint density at radius 3 is 2.35 bits per heavy atom. The molecule has 0 aliphatic rings. The first-order valence-corrected chi connectivity index (χ1v) is 8.62. The van der Waals surface area contributed by atoms with Gasteiger partial charge in [-0.3, -0.25) is 0 Å². The van der Waals surface area contributed by atoms with Crippen molar-refractivity contribution >= 4 is 40.9 Å². The maximum absolute atomic E-state index is 12.3. The van der Waals surface area contributed by atoms with Crippen LogP contribution in [0.25, 0.3) is 0 Å². The minimum atomic E-state index is -0.861. The summed E-state index contributed by atoms with van der Waals surface area (Å²) in [7, 11) is 0. The number of halogens is 2. The molecule has 0 aliphatic heterocycles. The number of carbonyl (C=O) groups is 2. The van der Waals surface area contributed by atoms with Crippen LogP contribution in [-0.2, 0) is 16.0 Å². The number of phenolic OH excluding ortho intramolecular Hbond substituents is 1. The quantitative estimate of drug-likeness (QED) is 0.508. The van der Waals surface area contributed by atoms with Crippen LogP contribution in [0, 0.1) is 0 Å². The summed E-state index contributed by atoms with van der Waals surface area (Å²) in [5.41, 5.74) is 1.15. The fraction of sp³-hybridized carbons (Fsp3) is 0.222. The van der Waals surface area contributed by atoms with Gasteiger partial charge in [0.25, 0.3) is 0 Å². The van der Waals surface area contributed by atoms with Crippen LogP contribution in [0.2, 0.25) is 10.0 Å². The molecular weight excluding hydrogens is 379 g/mol. The number of nitrogens with one attached hydrogen (secondary N) is 2. The number of rotatable bonds is 6. The van der Waals surface area contributed by atoms with Crippen molar-refractivity contribution in [3.63, 3.8) is 0 Å². The second-order valence-electron chi connectivity index (χ2n) is 5.38. The van der Waals surface area contributed by atoms with E-state index >= 15 is 0 Å². The van der Waals surface area contributed by atoms with Crippen molar-refractivity contribution in [2.45, 2.75) is 19.4 Å². The lowest BCUT2D eigenvalue weighted by atomic mass is 10.1. The van der Waals surface area contributed by atoms with Crippen LogP contribution >= 0.6 is 23.2 Å². The van der Waals surface area contributed by atoms with Crippen LogP contribution in [0.1, 0.15) is 12.5 Å². The number of phenols is 1. The predicted molar refractivity (Wildman–Crippen MR) is 101 cm³/mol. The summed E-state index contributed by atoms with van der Waals surface area (Å²) in [5, 5.41) is 14.7. The topological polar surface area (TPSA) is 87.7 Å². The average Bonchev–Trinajstić information content (AvgIpc) is 2.60. The molecule has 0 bridgehead atoms. The van der Waals surface area contributed by atoms with E-state index in [0.717, 1.165) is 5.56 Å². The van der Waals surface area contributed by atoms with Gasteiger partial charge >= 0.3 is 12.0 Å². The predicted octanol–water partition coefficient (Wildman–Crippen LogP) is 3.99. The standard InChI is InChI=1S/C18H18Cl2N2O4/c1-2-26-17(24)15(8-11-6-4-3-5-7-11)22-18(25)21-12-9-13(19)16(23)14(20)10-12/h3-7,9-10,15,23H,2,8H2,1H3,(H2,21,22,25). The number of esters is 1. The largest absolute Gasteiger partial charge is 0.505 e. The van der Waals surface area contributed by atoms with Crippen LogP contribution in [0.15, 0.2) is 42.5 Å². The summed E-state index contributed by atoms with van der Waals surface area (Å²) in [4.78, 5) is 24.4. The maximum Gasteiger partial charge on any atom is 0.329 e. The molecule has 0 heterocycles. The number of anilines is 1. The minimum Gasteiger partial charge on any atom is -0.505 e. The first kappa shape index (κ1) is 19.9. The number of amides is 2. The summed E-state index contributed by atoms with van der Waals surface area (Å²) < 4.78 is 5.02. The van der Waals surface area contributed by atoms with Crippen molar-refractivity contribution in [2.24, 2.45) is 0 Å². The average molecular weight is 397 g/mol. The summed E-state index contributed by atoms with van der Waals surface area (Å²) in [6.07, 6.45) is 0.282. The zero-order valence-corrected chi connectivity index (χ0v) is 15.5. The van der Waals surface area contributed by atoms with Gasteiger partial charge in [-0.05, 0) is 24.6 Å². The second-order valence-corrected chi connectivity index (χ2v) is 6.20. The third-order valence-corrected chi connectivity index (χ3v) is 4.01. The molecule has 0 spiro atoms. The molecule has 2 aromatic rings. The lowest BCUT2D eigenvalue weighted by molar-refractivity contribution is -0.145. The maximum atomic E-state index is 12.3. The third-order valence-electron chi connectivity index (χ3n) is 3.43. The van der Waals surface area contributed by atoms with E-state index in [1.54, 1.807) is 6.92 Å². The fourth-order valence-corrected chi connectivity index (χ4v) is 2.74. The lowest BCUT2D eigenvalue weighted by Gasteiger charge is -2.18. The Kier molecular flexibility index (Phi) is 7.12. The van der Waals surface area contributed by atoms with E-state index in [9.17, 15) is 14.7 Å². The zero-order valence-electron chi connectivity index (χ0n) is 14.0. The van der Waals surface area contributed by atoms with Gasteiger partial charge in [-0.2, -0.15) is 0 Å².